The first-order valence-corrected chi connectivity index (χ1v) is 9.75. The Bertz CT molecular complexity index is 1010. The third kappa shape index (κ3) is 3.99. The van der Waals surface area contributed by atoms with Crippen molar-refractivity contribution >= 4 is 33.4 Å². The number of carbonyl (C=O) groups is 2. The van der Waals surface area contributed by atoms with Crippen molar-refractivity contribution in [1.29, 1.82) is 0 Å². The fourth-order valence-electron chi connectivity index (χ4n) is 3.09. The van der Waals surface area contributed by atoms with E-state index in [9.17, 15) is 9.59 Å². The van der Waals surface area contributed by atoms with Gasteiger partial charge in [0.15, 0.2) is 16.3 Å². The van der Waals surface area contributed by atoms with Gasteiger partial charge in [0.2, 0.25) is 0 Å². The standard InChI is InChI=1S/C19H18BrN5O3/c20-15-9-8-14(28-15)19(27)22-13-6-4-12(5-7-13)18(26)21-11-17-24-23-16-3-1-2-10-25(16)17/h4-9H,1-3,10-11H2,(H,21,26)(H,22,27). The number of furan rings is 1. The molecule has 0 saturated carbocycles. The average molecular weight is 444 g/mol. The van der Waals surface area contributed by atoms with Gasteiger partial charge in [-0.25, -0.2) is 0 Å². The maximum absolute atomic E-state index is 12.4. The van der Waals surface area contributed by atoms with Crippen molar-refractivity contribution in [2.45, 2.75) is 32.4 Å². The Hall–Kier alpha value is -2.94. The first kappa shape index (κ1) is 18.4. The predicted molar refractivity (Wildman–Crippen MR) is 105 cm³/mol. The summed E-state index contributed by atoms with van der Waals surface area (Å²) in [6.45, 7) is 1.23. The van der Waals surface area contributed by atoms with Crippen molar-refractivity contribution in [3.05, 3.63) is 64.0 Å². The second-order valence-electron chi connectivity index (χ2n) is 6.46. The van der Waals surface area contributed by atoms with Gasteiger partial charge in [0.05, 0.1) is 6.54 Å². The van der Waals surface area contributed by atoms with Crippen LogP contribution in [0.25, 0.3) is 0 Å². The lowest BCUT2D eigenvalue weighted by atomic mass is 10.1. The number of halogens is 1. The van der Waals surface area contributed by atoms with Gasteiger partial charge in [-0.05, 0) is 65.2 Å². The number of aryl methyl sites for hydroxylation is 1. The van der Waals surface area contributed by atoms with E-state index < -0.39 is 0 Å². The highest BCUT2D eigenvalue weighted by Gasteiger charge is 2.16. The Kier molecular flexibility index (Phi) is 5.25. The van der Waals surface area contributed by atoms with E-state index in [0.717, 1.165) is 37.5 Å². The summed E-state index contributed by atoms with van der Waals surface area (Å²) < 4.78 is 7.78. The lowest BCUT2D eigenvalue weighted by Gasteiger charge is -2.14. The lowest BCUT2D eigenvalue weighted by Crippen LogP contribution is -2.25. The number of hydrogen-bond donors (Lipinski definition) is 2. The number of nitrogens with one attached hydrogen (secondary N) is 2. The first-order chi connectivity index (χ1) is 13.6. The third-order valence-electron chi connectivity index (χ3n) is 4.55. The number of benzene rings is 1. The number of anilines is 1. The fraction of sp³-hybridized carbons (Fsp3) is 0.263. The summed E-state index contributed by atoms with van der Waals surface area (Å²) in [6.07, 6.45) is 3.17. The minimum atomic E-state index is -0.362. The summed E-state index contributed by atoms with van der Waals surface area (Å²) in [4.78, 5) is 24.5. The molecular weight excluding hydrogens is 426 g/mol. The molecule has 0 unspecified atom stereocenters. The van der Waals surface area contributed by atoms with Crippen molar-refractivity contribution in [1.82, 2.24) is 20.1 Å². The van der Waals surface area contributed by atoms with E-state index in [-0.39, 0.29) is 17.6 Å². The normalized spacial score (nSPS) is 13.0. The van der Waals surface area contributed by atoms with Crippen molar-refractivity contribution < 1.29 is 14.0 Å². The first-order valence-electron chi connectivity index (χ1n) is 8.96. The van der Waals surface area contributed by atoms with Crippen LogP contribution in [0.5, 0.6) is 0 Å². The number of rotatable bonds is 5. The molecule has 2 aromatic heterocycles. The molecule has 1 aliphatic rings. The summed E-state index contributed by atoms with van der Waals surface area (Å²) in [5.74, 6) is 1.39. The SMILES string of the molecule is O=C(NCc1nnc2n1CCCC2)c1ccc(NC(=O)c2ccc(Br)o2)cc1. The van der Waals surface area contributed by atoms with E-state index in [1.54, 1.807) is 36.4 Å². The molecule has 0 radical (unpaired) electrons. The molecule has 28 heavy (non-hydrogen) atoms. The van der Waals surface area contributed by atoms with Gasteiger partial charge in [0, 0.05) is 24.2 Å². The monoisotopic (exact) mass is 443 g/mol. The topological polar surface area (TPSA) is 102 Å². The molecular formula is C19H18BrN5O3. The van der Waals surface area contributed by atoms with Crippen LogP contribution in [0.15, 0.2) is 45.5 Å². The molecule has 0 spiro atoms. The van der Waals surface area contributed by atoms with E-state index in [4.69, 9.17) is 4.42 Å². The van der Waals surface area contributed by atoms with E-state index in [1.165, 1.54) is 0 Å². The van der Waals surface area contributed by atoms with Gasteiger partial charge >= 0.3 is 0 Å². The smallest absolute Gasteiger partial charge is 0.291 e. The largest absolute Gasteiger partial charge is 0.444 e. The molecule has 8 nitrogen and oxygen atoms in total. The zero-order valence-corrected chi connectivity index (χ0v) is 16.5. The Morgan fingerprint density at radius 1 is 1.07 bits per heavy atom. The molecule has 144 valence electrons. The summed E-state index contributed by atoms with van der Waals surface area (Å²) >= 11 is 3.16. The molecule has 2 amide bonds. The number of aromatic nitrogens is 3. The van der Waals surface area contributed by atoms with Crippen LogP contribution >= 0.6 is 15.9 Å². The maximum atomic E-state index is 12.4. The van der Waals surface area contributed by atoms with Crippen molar-refractivity contribution in [2.75, 3.05) is 5.32 Å². The summed E-state index contributed by atoms with van der Waals surface area (Å²) in [5.41, 5.74) is 1.07. The van der Waals surface area contributed by atoms with E-state index in [0.29, 0.717) is 22.5 Å². The van der Waals surface area contributed by atoms with Crippen LogP contribution in [0.2, 0.25) is 0 Å². The van der Waals surface area contributed by atoms with Crippen molar-refractivity contribution in [3.8, 4) is 0 Å². The molecule has 0 fully saturated rings. The zero-order chi connectivity index (χ0) is 19.5. The number of hydrogen-bond acceptors (Lipinski definition) is 5. The van der Waals surface area contributed by atoms with Gasteiger partial charge < -0.3 is 19.6 Å². The average Bonchev–Trinajstić information content (AvgIpc) is 3.33. The molecule has 9 heteroatoms. The van der Waals surface area contributed by atoms with Crippen molar-refractivity contribution in [2.24, 2.45) is 0 Å². The van der Waals surface area contributed by atoms with Crippen LogP contribution in [0.1, 0.15) is 45.4 Å². The molecule has 1 aliphatic heterocycles. The van der Waals surface area contributed by atoms with Crippen LogP contribution in [0, 0.1) is 0 Å². The third-order valence-corrected chi connectivity index (χ3v) is 4.97. The van der Waals surface area contributed by atoms with Crippen LogP contribution in [-0.2, 0) is 19.5 Å². The lowest BCUT2D eigenvalue weighted by molar-refractivity contribution is 0.0948. The Balaban J connectivity index is 1.35. The van der Waals surface area contributed by atoms with Gasteiger partial charge in [0.25, 0.3) is 11.8 Å². The summed E-state index contributed by atoms with van der Waals surface area (Å²) in [6, 6.07) is 9.87. The van der Waals surface area contributed by atoms with Gasteiger partial charge in [0.1, 0.15) is 5.82 Å². The Morgan fingerprint density at radius 2 is 1.89 bits per heavy atom. The zero-order valence-electron chi connectivity index (χ0n) is 14.9. The van der Waals surface area contributed by atoms with E-state index >= 15 is 0 Å². The molecule has 0 saturated heterocycles. The molecule has 2 N–H and O–H groups in total. The maximum Gasteiger partial charge on any atom is 0.291 e. The number of amides is 2. The van der Waals surface area contributed by atoms with Crippen LogP contribution in [0.4, 0.5) is 5.69 Å². The van der Waals surface area contributed by atoms with Gasteiger partial charge in [-0.15, -0.1) is 10.2 Å². The second kappa shape index (κ2) is 7.97. The van der Waals surface area contributed by atoms with Crippen LogP contribution < -0.4 is 10.6 Å². The molecule has 0 bridgehead atoms. The van der Waals surface area contributed by atoms with Crippen LogP contribution in [-0.4, -0.2) is 26.6 Å². The number of nitrogens with zero attached hydrogens (tertiary/aromatic N) is 3. The molecule has 4 rings (SSSR count). The van der Waals surface area contributed by atoms with Crippen LogP contribution in [0.3, 0.4) is 0 Å². The number of carbonyl (C=O) groups excluding carboxylic acids is 2. The minimum absolute atomic E-state index is 0.199. The van der Waals surface area contributed by atoms with E-state index in [1.807, 2.05) is 0 Å². The molecule has 0 aliphatic carbocycles. The van der Waals surface area contributed by atoms with E-state index in [2.05, 4.69) is 41.3 Å². The predicted octanol–water partition coefficient (Wildman–Crippen LogP) is 3.15. The van der Waals surface area contributed by atoms with Gasteiger partial charge in [-0.1, -0.05) is 0 Å². The fourth-order valence-corrected chi connectivity index (χ4v) is 3.40. The summed E-state index contributed by atoms with van der Waals surface area (Å²) in [5, 5.41) is 14.0. The summed E-state index contributed by atoms with van der Waals surface area (Å²) in [7, 11) is 0. The second-order valence-corrected chi connectivity index (χ2v) is 7.24. The molecule has 0 atom stereocenters. The highest BCUT2D eigenvalue weighted by atomic mass is 79.9. The molecule has 1 aromatic carbocycles. The Morgan fingerprint density at radius 3 is 2.64 bits per heavy atom. The number of fused-ring (bicyclic) bond motifs is 1. The highest BCUT2D eigenvalue weighted by Crippen LogP contribution is 2.17. The quantitative estimate of drug-likeness (QED) is 0.630. The Labute approximate surface area is 169 Å². The molecule has 3 aromatic rings. The van der Waals surface area contributed by atoms with Gasteiger partial charge in [-0.2, -0.15) is 0 Å². The highest BCUT2D eigenvalue weighted by molar-refractivity contribution is 9.10. The van der Waals surface area contributed by atoms with Gasteiger partial charge in [-0.3, -0.25) is 9.59 Å². The minimum Gasteiger partial charge on any atom is -0.444 e. The van der Waals surface area contributed by atoms with Crippen molar-refractivity contribution in [3.63, 3.8) is 0 Å². The molecule has 3 heterocycles.